The average Bonchev–Trinajstić information content (AvgIpc) is 2.44. The Morgan fingerprint density at radius 3 is 2.48 bits per heavy atom. The predicted octanol–water partition coefficient (Wildman–Crippen LogP) is 1.65. The Morgan fingerprint density at radius 1 is 1.24 bits per heavy atom. The Morgan fingerprint density at radius 2 is 1.90 bits per heavy atom. The molecular formula is C14H15NO5S. The normalized spacial score (nSPS) is 10.5. The maximum atomic E-state index is 11.8. The Balaban J connectivity index is 3.13. The summed E-state index contributed by atoms with van der Waals surface area (Å²) in [6.07, 6.45) is 1.25. The first-order chi connectivity index (χ1) is 9.99. The molecule has 1 amide bonds. The van der Waals surface area contributed by atoms with Gasteiger partial charge in [-0.05, 0) is 18.3 Å². The molecule has 1 rings (SSSR count). The number of nitrogens with one attached hydrogen (secondary N) is 1. The molecule has 0 aliphatic rings. The fourth-order valence-corrected chi connectivity index (χ4v) is 1.73. The lowest BCUT2D eigenvalue weighted by Gasteiger charge is -2.12. The van der Waals surface area contributed by atoms with Gasteiger partial charge >= 0.3 is 5.97 Å². The van der Waals surface area contributed by atoms with Gasteiger partial charge in [0, 0.05) is 12.5 Å². The van der Waals surface area contributed by atoms with Crippen LogP contribution in [0, 0.1) is 0 Å². The Kier molecular flexibility index (Phi) is 6.35. The van der Waals surface area contributed by atoms with Crippen LogP contribution < -0.4 is 10.1 Å². The minimum absolute atomic E-state index is 0.114. The van der Waals surface area contributed by atoms with E-state index in [0.29, 0.717) is 11.3 Å². The standard InChI is InChI=1S/C14H15NO5S/c1-9(16)15-14(21)20-12-7-5-4-6-10(12)11(8-18-2)13(17)19-3/h4-8H,1-3H3,(H,15,16,21)/b11-8-. The quantitative estimate of drug-likeness (QED) is 0.394. The number of amides is 1. The Hall–Kier alpha value is -2.41. The zero-order chi connectivity index (χ0) is 15.8. The molecule has 21 heavy (non-hydrogen) atoms. The topological polar surface area (TPSA) is 73.9 Å². The largest absolute Gasteiger partial charge is 0.503 e. The molecule has 0 bridgehead atoms. The van der Waals surface area contributed by atoms with Gasteiger partial charge in [-0.2, -0.15) is 0 Å². The van der Waals surface area contributed by atoms with Crippen molar-refractivity contribution in [1.29, 1.82) is 0 Å². The molecule has 0 fully saturated rings. The van der Waals surface area contributed by atoms with Crippen LogP contribution in [0.25, 0.3) is 5.57 Å². The summed E-state index contributed by atoms with van der Waals surface area (Å²) in [4.78, 5) is 22.7. The number of hydrogen-bond donors (Lipinski definition) is 1. The van der Waals surface area contributed by atoms with Crippen LogP contribution in [0.3, 0.4) is 0 Å². The molecule has 0 aromatic heterocycles. The number of methoxy groups -OCH3 is 2. The summed E-state index contributed by atoms with van der Waals surface area (Å²) in [6.45, 7) is 1.31. The zero-order valence-electron chi connectivity index (χ0n) is 11.8. The van der Waals surface area contributed by atoms with E-state index < -0.39 is 5.97 Å². The first kappa shape index (κ1) is 16.6. The smallest absolute Gasteiger partial charge is 0.341 e. The molecule has 1 aromatic rings. The predicted molar refractivity (Wildman–Crippen MR) is 80.5 cm³/mol. The highest BCUT2D eigenvalue weighted by Gasteiger charge is 2.18. The van der Waals surface area contributed by atoms with Gasteiger partial charge in [0.15, 0.2) is 0 Å². The number of rotatable bonds is 4. The van der Waals surface area contributed by atoms with Crippen molar-refractivity contribution >= 4 is 34.8 Å². The summed E-state index contributed by atoms with van der Waals surface area (Å²) >= 11 is 4.90. The van der Waals surface area contributed by atoms with Gasteiger partial charge in [0.1, 0.15) is 11.3 Å². The second kappa shape index (κ2) is 8.01. The van der Waals surface area contributed by atoms with Crippen LogP contribution in [0.15, 0.2) is 30.5 Å². The van der Waals surface area contributed by atoms with E-state index in [1.807, 2.05) is 0 Å². The highest BCUT2D eigenvalue weighted by molar-refractivity contribution is 7.80. The molecule has 0 saturated heterocycles. The van der Waals surface area contributed by atoms with Gasteiger partial charge in [0.05, 0.1) is 20.5 Å². The van der Waals surface area contributed by atoms with Crippen molar-refractivity contribution in [2.45, 2.75) is 6.92 Å². The van der Waals surface area contributed by atoms with Crippen LogP contribution >= 0.6 is 12.2 Å². The maximum absolute atomic E-state index is 11.8. The number of para-hydroxylation sites is 1. The number of esters is 1. The fraction of sp³-hybridized carbons (Fsp3) is 0.214. The molecule has 0 spiro atoms. The van der Waals surface area contributed by atoms with Gasteiger partial charge in [-0.25, -0.2) is 4.79 Å². The monoisotopic (exact) mass is 309 g/mol. The number of carbonyl (C=O) groups excluding carboxylic acids is 2. The van der Waals surface area contributed by atoms with Gasteiger partial charge < -0.3 is 14.2 Å². The van der Waals surface area contributed by atoms with Gasteiger partial charge in [0.2, 0.25) is 5.91 Å². The van der Waals surface area contributed by atoms with Gasteiger partial charge in [-0.15, -0.1) is 0 Å². The van der Waals surface area contributed by atoms with Crippen LogP contribution in [-0.4, -0.2) is 31.3 Å². The van der Waals surface area contributed by atoms with Crippen molar-refractivity contribution in [2.24, 2.45) is 0 Å². The number of benzene rings is 1. The molecule has 0 atom stereocenters. The number of hydrogen-bond acceptors (Lipinski definition) is 6. The SMILES string of the molecule is CO/C=C(\C(=O)OC)c1ccccc1OC(=S)NC(C)=O. The minimum Gasteiger partial charge on any atom is -0.503 e. The van der Waals surface area contributed by atoms with E-state index in [9.17, 15) is 9.59 Å². The van der Waals surface area contributed by atoms with Crippen molar-refractivity contribution in [2.75, 3.05) is 14.2 Å². The van der Waals surface area contributed by atoms with E-state index in [4.69, 9.17) is 26.4 Å². The molecule has 112 valence electrons. The summed E-state index contributed by atoms with van der Waals surface area (Å²) in [6, 6.07) is 6.68. The second-order valence-corrected chi connectivity index (χ2v) is 4.20. The summed E-state index contributed by atoms with van der Waals surface area (Å²) in [5.74, 6) is -0.638. The number of carbonyl (C=O) groups is 2. The lowest BCUT2D eigenvalue weighted by atomic mass is 10.1. The van der Waals surface area contributed by atoms with Crippen molar-refractivity contribution in [3.05, 3.63) is 36.1 Å². The average molecular weight is 309 g/mol. The van der Waals surface area contributed by atoms with Crippen molar-refractivity contribution in [3.8, 4) is 5.75 Å². The van der Waals surface area contributed by atoms with Crippen LogP contribution in [0.5, 0.6) is 5.75 Å². The molecule has 1 aromatic carbocycles. The Bertz CT molecular complexity index is 582. The van der Waals surface area contributed by atoms with E-state index in [1.54, 1.807) is 24.3 Å². The van der Waals surface area contributed by atoms with Crippen LogP contribution in [0.2, 0.25) is 0 Å². The molecule has 6 nitrogen and oxygen atoms in total. The highest BCUT2D eigenvalue weighted by atomic mass is 32.1. The van der Waals surface area contributed by atoms with E-state index in [1.165, 1.54) is 27.4 Å². The third-order valence-electron chi connectivity index (χ3n) is 2.30. The maximum Gasteiger partial charge on any atom is 0.341 e. The van der Waals surface area contributed by atoms with E-state index in [0.717, 1.165) is 0 Å². The number of ether oxygens (including phenoxy) is 3. The zero-order valence-corrected chi connectivity index (χ0v) is 12.7. The first-order valence-electron chi connectivity index (χ1n) is 5.89. The molecule has 1 N–H and O–H groups in total. The Labute approximate surface area is 127 Å². The number of thiocarbonyl (C=S) groups is 1. The van der Waals surface area contributed by atoms with Crippen LogP contribution in [0.1, 0.15) is 12.5 Å². The van der Waals surface area contributed by atoms with Crippen molar-refractivity contribution < 1.29 is 23.8 Å². The van der Waals surface area contributed by atoms with E-state index in [2.05, 4.69) is 5.32 Å². The molecular weight excluding hydrogens is 294 g/mol. The molecule has 7 heteroatoms. The lowest BCUT2D eigenvalue weighted by Crippen LogP contribution is -2.30. The molecule has 0 radical (unpaired) electrons. The molecule has 0 saturated carbocycles. The van der Waals surface area contributed by atoms with Crippen LogP contribution in [0.4, 0.5) is 0 Å². The second-order valence-electron chi connectivity index (χ2n) is 3.83. The summed E-state index contributed by atoms with van der Waals surface area (Å²) < 4.78 is 15.0. The van der Waals surface area contributed by atoms with Crippen LogP contribution in [-0.2, 0) is 19.1 Å². The molecule has 0 aliphatic heterocycles. The third-order valence-corrected chi connectivity index (χ3v) is 2.48. The summed E-state index contributed by atoms with van der Waals surface area (Å²) in [5.41, 5.74) is 0.597. The van der Waals surface area contributed by atoms with Gasteiger partial charge in [0.25, 0.3) is 5.17 Å². The summed E-state index contributed by atoms with van der Waals surface area (Å²) in [5, 5.41) is 2.22. The molecule has 0 aliphatic carbocycles. The molecule has 0 heterocycles. The summed E-state index contributed by atoms with van der Waals surface area (Å²) in [7, 11) is 2.67. The fourth-order valence-electron chi connectivity index (χ4n) is 1.50. The van der Waals surface area contributed by atoms with E-state index in [-0.39, 0.29) is 16.7 Å². The van der Waals surface area contributed by atoms with E-state index >= 15 is 0 Å². The first-order valence-corrected chi connectivity index (χ1v) is 6.30. The third kappa shape index (κ3) is 4.88. The molecule has 0 unspecified atom stereocenters. The van der Waals surface area contributed by atoms with Gasteiger partial charge in [-0.3, -0.25) is 10.1 Å². The minimum atomic E-state index is -0.585. The lowest BCUT2D eigenvalue weighted by molar-refractivity contribution is -0.133. The van der Waals surface area contributed by atoms with Crippen molar-refractivity contribution in [1.82, 2.24) is 5.32 Å². The van der Waals surface area contributed by atoms with Crippen molar-refractivity contribution in [3.63, 3.8) is 0 Å². The highest BCUT2D eigenvalue weighted by Crippen LogP contribution is 2.27. The van der Waals surface area contributed by atoms with Gasteiger partial charge in [-0.1, -0.05) is 18.2 Å².